The van der Waals surface area contributed by atoms with Gasteiger partial charge in [-0.25, -0.2) is 19.2 Å². The molecule has 0 radical (unpaired) electrons. The Morgan fingerprint density at radius 3 is 2.47 bits per heavy atom. The number of nitrogens with one attached hydrogen (secondary N) is 2. The van der Waals surface area contributed by atoms with Crippen molar-refractivity contribution < 1.29 is 14.0 Å². The second kappa shape index (κ2) is 10.7. The van der Waals surface area contributed by atoms with Crippen LogP contribution in [0.1, 0.15) is 29.2 Å². The van der Waals surface area contributed by atoms with Crippen molar-refractivity contribution in [3.05, 3.63) is 114 Å². The van der Waals surface area contributed by atoms with E-state index in [1.54, 1.807) is 36.7 Å². The number of aromatic nitrogens is 2. The van der Waals surface area contributed by atoms with Crippen LogP contribution in [-0.4, -0.2) is 27.7 Å². The molecule has 0 bridgehead atoms. The van der Waals surface area contributed by atoms with E-state index in [0.717, 1.165) is 17.5 Å². The number of hydrogen-bond acceptors (Lipinski definition) is 5. The first-order valence-corrected chi connectivity index (χ1v) is 11.4. The fourth-order valence-electron chi connectivity index (χ4n) is 3.80. The van der Waals surface area contributed by atoms with Crippen LogP contribution in [0.15, 0.2) is 91.3 Å². The van der Waals surface area contributed by atoms with Gasteiger partial charge in [-0.05, 0) is 42.0 Å². The first-order chi connectivity index (χ1) is 17.6. The van der Waals surface area contributed by atoms with Crippen LogP contribution in [0, 0.1) is 17.7 Å². The van der Waals surface area contributed by atoms with E-state index in [2.05, 4.69) is 32.4 Å². The quantitative estimate of drug-likeness (QED) is 0.369. The predicted octanol–water partition coefficient (Wildman–Crippen LogP) is 5.67. The number of halogens is 1. The van der Waals surface area contributed by atoms with Crippen LogP contribution in [0.4, 0.5) is 26.5 Å². The topological polar surface area (TPSA) is 79.4 Å². The summed E-state index contributed by atoms with van der Waals surface area (Å²) in [4.78, 5) is 26.9. The number of hydrogen-bond donors (Lipinski definition) is 2. The molecule has 1 aliphatic rings. The molecule has 36 heavy (non-hydrogen) atoms. The number of carbonyl (C=O) groups is 1. The monoisotopic (exact) mass is 479 g/mol. The Bertz CT molecular complexity index is 1420. The first-order valence-electron chi connectivity index (χ1n) is 11.4. The first kappa shape index (κ1) is 23.0. The average Bonchev–Trinajstić information content (AvgIpc) is 3.40. The van der Waals surface area contributed by atoms with Crippen LogP contribution >= 0.6 is 0 Å². The van der Waals surface area contributed by atoms with Gasteiger partial charge in [0.1, 0.15) is 5.82 Å². The number of urea groups is 1. The highest BCUT2D eigenvalue weighted by molar-refractivity contribution is 5.89. The van der Waals surface area contributed by atoms with Gasteiger partial charge in [0.05, 0.1) is 18.2 Å². The third-order valence-corrected chi connectivity index (χ3v) is 5.49. The van der Waals surface area contributed by atoms with Gasteiger partial charge in [0.2, 0.25) is 5.95 Å². The van der Waals surface area contributed by atoms with E-state index in [1.165, 1.54) is 17.2 Å². The largest absolute Gasteiger partial charge is 0.346 e. The van der Waals surface area contributed by atoms with Gasteiger partial charge in [0, 0.05) is 35.8 Å². The van der Waals surface area contributed by atoms with Gasteiger partial charge in [-0.1, -0.05) is 54.3 Å². The lowest BCUT2D eigenvalue weighted by atomic mass is 10.1. The van der Waals surface area contributed by atoms with Gasteiger partial charge in [-0.15, -0.1) is 0 Å². The standard InChI is InChI=1S/C28H22FN5O2/c29-23-9-5-11-25(17-23)32-27-30-18-21(19-31-27)13-12-20-6-4-10-24(16-20)33-28(35)34-26(14-15-36-34)22-7-2-1-3-8-22/h1-11,16-19,26H,14-15H2,(H,33,35)(H,30,31,32)/t26-/m0/s1. The van der Waals surface area contributed by atoms with Crippen molar-refractivity contribution in [2.75, 3.05) is 17.2 Å². The molecule has 2 N–H and O–H groups in total. The molecule has 0 aliphatic carbocycles. The highest BCUT2D eigenvalue weighted by Gasteiger charge is 2.31. The number of rotatable bonds is 4. The predicted molar refractivity (Wildman–Crippen MR) is 135 cm³/mol. The van der Waals surface area contributed by atoms with Crippen molar-refractivity contribution in [3.8, 4) is 11.8 Å². The zero-order valence-corrected chi connectivity index (χ0v) is 19.2. The smallest absolute Gasteiger partial charge is 0.324 e. The molecule has 0 spiro atoms. The zero-order chi connectivity index (χ0) is 24.7. The molecule has 5 rings (SSSR count). The van der Waals surface area contributed by atoms with E-state index >= 15 is 0 Å². The van der Waals surface area contributed by atoms with Crippen molar-refractivity contribution >= 4 is 23.4 Å². The Labute approximate surface area is 207 Å². The maximum atomic E-state index is 13.3. The number of carbonyl (C=O) groups excluding carboxylic acids is 1. The summed E-state index contributed by atoms with van der Waals surface area (Å²) in [5.41, 5.74) is 3.54. The minimum Gasteiger partial charge on any atom is -0.324 e. The zero-order valence-electron chi connectivity index (χ0n) is 19.2. The molecule has 7 nitrogen and oxygen atoms in total. The van der Waals surface area contributed by atoms with Crippen molar-refractivity contribution in [2.45, 2.75) is 12.5 Å². The fraction of sp³-hybridized carbons (Fsp3) is 0.107. The highest BCUT2D eigenvalue weighted by Crippen LogP contribution is 2.30. The number of anilines is 3. The summed E-state index contributed by atoms with van der Waals surface area (Å²) < 4.78 is 13.3. The molecule has 0 saturated carbocycles. The summed E-state index contributed by atoms with van der Waals surface area (Å²) in [6.07, 6.45) is 3.91. The third-order valence-electron chi connectivity index (χ3n) is 5.49. The lowest BCUT2D eigenvalue weighted by molar-refractivity contribution is -0.0829. The fourth-order valence-corrected chi connectivity index (χ4v) is 3.80. The Morgan fingerprint density at radius 2 is 1.67 bits per heavy atom. The lowest BCUT2D eigenvalue weighted by Gasteiger charge is -2.23. The van der Waals surface area contributed by atoms with Gasteiger partial charge in [0.25, 0.3) is 0 Å². The summed E-state index contributed by atoms with van der Waals surface area (Å²) in [6, 6.07) is 22.7. The maximum absolute atomic E-state index is 13.3. The van der Waals surface area contributed by atoms with E-state index < -0.39 is 0 Å². The Balaban J connectivity index is 1.23. The van der Waals surface area contributed by atoms with Crippen LogP contribution in [0.5, 0.6) is 0 Å². The molecular weight excluding hydrogens is 457 g/mol. The van der Waals surface area contributed by atoms with Crippen molar-refractivity contribution in [2.24, 2.45) is 0 Å². The van der Waals surface area contributed by atoms with Gasteiger partial charge < -0.3 is 10.6 Å². The summed E-state index contributed by atoms with van der Waals surface area (Å²) in [7, 11) is 0. The van der Waals surface area contributed by atoms with Gasteiger partial charge in [-0.3, -0.25) is 4.84 Å². The Morgan fingerprint density at radius 1 is 0.917 bits per heavy atom. The van der Waals surface area contributed by atoms with E-state index in [9.17, 15) is 9.18 Å². The van der Waals surface area contributed by atoms with Gasteiger partial charge >= 0.3 is 6.03 Å². The maximum Gasteiger partial charge on any atom is 0.346 e. The van der Waals surface area contributed by atoms with Crippen molar-refractivity contribution in [1.29, 1.82) is 0 Å². The van der Waals surface area contributed by atoms with Crippen LogP contribution in [-0.2, 0) is 4.84 Å². The SMILES string of the molecule is O=C(Nc1cccc(C#Cc2cnc(Nc3cccc(F)c3)nc2)c1)N1OCC[C@H]1c1ccccc1. The Kier molecular flexibility index (Phi) is 6.83. The number of benzene rings is 3. The minimum atomic E-state index is -0.343. The molecule has 1 aromatic heterocycles. The normalized spacial score (nSPS) is 14.6. The molecule has 2 heterocycles. The molecule has 8 heteroatoms. The molecule has 1 aliphatic heterocycles. The molecule has 1 saturated heterocycles. The van der Waals surface area contributed by atoms with Crippen LogP contribution in [0.2, 0.25) is 0 Å². The second-order valence-electron chi connectivity index (χ2n) is 8.07. The van der Waals surface area contributed by atoms with Crippen molar-refractivity contribution in [3.63, 3.8) is 0 Å². The van der Waals surface area contributed by atoms with Crippen LogP contribution in [0.3, 0.4) is 0 Å². The van der Waals surface area contributed by atoms with E-state index in [0.29, 0.717) is 29.5 Å². The van der Waals surface area contributed by atoms with E-state index in [1.807, 2.05) is 42.5 Å². The molecule has 3 aromatic carbocycles. The Hall–Kier alpha value is -4.74. The number of hydroxylamine groups is 2. The molecule has 178 valence electrons. The summed E-state index contributed by atoms with van der Waals surface area (Å²) in [5, 5.41) is 7.23. The van der Waals surface area contributed by atoms with Gasteiger partial charge in [-0.2, -0.15) is 5.06 Å². The second-order valence-corrected chi connectivity index (χ2v) is 8.07. The van der Waals surface area contributed by atoms with Gasteiger partial charge in [0.15, 0.2) is 0 Å². The van der Waals surface area contributed by atoms with Crippen molar-refractivity contribution in [1.82, 2.24) is 15.0 Å². The lowest BCUT2D eigenvalue weighted by Crippen LogP contribution is -2.33. The number of nitrogens with zero attached hydrogens (tertiary/aromatic N) is 3. The summed E-state index contributed by atoms with van der Waals surface area (Å²) in [6.45, 7) is 0.483. The van der Waals surface area contributed by atoms with Crippen LogP contribution < -0.4 is 10.6 Å². The minimum absolute atomic E-state index is 0.132. The van der Waals surface area contributed by atoms with Crippen LogP contribution in [0.25, 0.3) is 0 Å². The highest BCUT2D eigenvalue weighted by atomic mass is 19.1. The molecule has 1 fully saturated rings. The molecule has 2 amide bonds. The third kappa shape index (κ3) is 5.66. The molecule has 0 unspecified atom stereocenters. The molecule has 4 aromatic rings. The molecule has 1 atom stereocenters. The van der Waals surface area contributed by atoms with E-state index in [4.69, 9.17) is 4.84 Å². The number of amides is 2. The summed E-state index contributed by atoms with van der Waals surface area (Å²) >= 11 is 0. The molecular formula is C28H22FN5O2. The summed E-state index contributed by atoms with van der Waals surface area (Å²) in [5.74, 6) is 6.07. The van der Waals surface area contributed by atoms with E-state index in [-0.39, 0.29) is 17.9 Å². The average molecular weight is 480 g/mol.